The quantitative estimate of drug-likeness (QED) is 0.522. The fraction of sp³-hybridized carbons (Fsp3) is 0.158. The first-order chi connectivity index (χ1) is 13.5. The Labute approximate surface area is 168 Å². The topological polar surface area (TPSA) is 77.0 Å². The van der Waals surface area contributed by atoms with E-state index >= 15 is 0 Å². The molecule has 142 valence electrons. The number of pyridine rings is 1. The molecule has 0 saturated carbocycles. The highest BCUT2D eigenvalue weighted by Gasteiger charge is 2.20. The molecule has 4 rings (SSSR count). The van der Waals surface area contributed by atoms with Crippen molar-refractivity contribution in [3.63, 3.8) is 0 Å². The van der Waals surface area contributed by atoms with Gasteiger partial charge in [0.1, 0.15) is 5.82 Å². The predicted octanol–water partition coefficient (Wildman–Crippen LogP) is 4.45. The van der Waals surface area contributed by atoms with Gasteiger partial charge in [-0.05, 0) is 42.7 Å². The van der Waals surface area contributed by atoms with Gasteiger partial charge >= 0.3 is 0 Å². The highest BCUT2D eigenvalue weighted by atomic mass is 32.1. The Kier molecular flexibility index (Phi) is 5.01. The number of halogens is 1. The molecule has 1 aromatic carbocycles. The molecule has 3 heterocycles. The summed E-state index contributed by atoms with van der Waals surface area (Å²) in [5.41, 5.74) is 2.51. The molecule has 28 heavy (non-hydrogen) atoms. The molecule has 1 N–H and O–H groups in total. The number of methoxy groups -OCH3 is 1. The number of carbonyl (C=O) groups is 1. The number of nitrogens with zero attached hydrogens (tertiary/aromatic N) is 3. The van der Waals surface area contributed by atoms with Gasteiger partial charge in [0.2, 0.25) is 5.88 Å². The molecular weight excluding hydrogens is 399 g/mol. The summed E-state index contributed by atoms with van der Waals surface area (Å²) in [4.78, 5) is 22.2. The van der Waals surface area contributed by atoms with Crippen molar-refractivity contribution in [1.29, 1.82) is 0 Å². The smallest absolute Gasteiger partial charge is 0.258 e. The Morgan fingerprint density at radius 2 is 2.14 bits per heavy atom. The second-order valence-corrected chi connectivity index (χ2v) is 7.98. The van der Waals surface area contributed by atoms with E-state index in [2.05, 4.69) is 19.7 Å². The van der Waals surface area contributed by atoms with Crippen LogP contribution in [0.4, 0.5) is 10.1 Å². The van der Waals surface area contributed by atoms with E-state index in [4.69, 9.17) is 4.74 Å². The standard InChI is InChI=1S/C19H15FN4O2S2/c1-10-18(19(25)22-12-4-6-16(26-2)21-9-12)15(28-24-10)8-17-23-13-5-3-11(20)7-14(13)27-17/h3-7,9H,8H2,1-2H3,(H,22,25). The number of carbonyl (C=O) groups excluding carboxylic acids is 1. The lowest BCUT2D eigenvalue weighted by atomic mass is 10.1. The molecule has 0 fully saturated rings. The lowest BCUT2D eigenvalue weighted by Gasteiger charge is -2.06. The Morgan fingerprint density at radius 3 is 2.89 bits per heavy atom. The number of anilines is 1. The first-order valence-corrected chi connectivity index (χ1v) is 9.94. The number of ether oxygens (including phenoxy) is 1. The fourth-order valence-electron chi connectivity index (χ4n) is 2.76. The number of hydrogen-bond acceptors (Lipinski definition) is 7. The maximum absolute atomic E-state index is 13.4. The average Bonchev–Trinajstić information content (AvgIpc) is 3.24. The molecule has 0 aliphatic rings. The number of hydrogen-bond donors (Lipinski definition) is 1. The van der Waals surface area contributed by atoms with E-state index in [0.29, 0.717) is 29.2 Å². The average molecular weight is 414 g/mol. The number of aryl methyl sites for hydroxylation is 1. The van der Waals surface area contributed by atoms with E-state index in [-0.39, 0.29) is 11.7 Å². The third-order valence-electron chi connectivity index (χ3n) is 4.07. The first-order valence-electron chi connectivity index (χ1n) is 8.35. The summed E-state index contributed by atoms with van der Waals surface area (Å²) in [6.07, 6.45) is 2.00. The van der Waals surface area contributed by atoms with Crippen molar-refractivity contribution >= 4 is 44.7 Å². The van der Waals surface area contributed by atoms with Gasteiger partial charge in [0.15, 0.2) is 0 Å². The lowest BCUT2D eigenvalue weighted by molar-refractivity contribution is 0.102. The van der Waals surface area contributed by atoms with Crippen molar-refractivity contribution in [1.82, 2.24) is 14.3 Å². The Morgan fingerprint density at radius 1 is 1.29 bits per heavy atom. The Bertz CT molecular complexity index is 1150. The van der Waals surface area contributed by atoms with Gasteiger partial charge in [0.25, 0.3) is 5.91 Å². The van der Waals surface area contributed by atoms with Gasteiger partial charge in [0.05, 0.1) is 45.5 Å². The van der Waals surface area contributed by atoms with Crippen molar-refractivity contribution in [2.24, 2.45) is 0 Å². The van der Waals surface area contributed by atoms with Crippen LogP contribution in [0.15, 0.2) is 36.5 Å². The molecule has 4 aromatic rings. The van der Waals surface area contributed by atoms with E-state index in [9.17, 15) is 9.18 Å². The first kappa shape index (κ1) is 18.5. The number of fused-ring (bicyclic) bond motifs is 1. The zero-order chi connectivity index (χ0) is 19.7. The SMILES string of the molecule is COc1ccc(NC(=O)c2c(C)nsc2Cc2nc3ccc(F)cc3s2)cn1. The lowest BCUT2D eigenvalue weighted by Crippen LogP contribution is -2.14. The van der Waals surface area contributed by atoms with Crippen LogP contribution < -0.4 is 10.1 Å². The number of rotatable bonds is 5. The summed E-state index contributed by atoms with van der Waals surface area (Å²) in [7, 11) is 1.53. The summed E-state index contributed by atoms with van der Waals surface area (Å²) in [6.45, 7) is 1.80. The molecule has 0 radical (unpaired) electrons. The third kappa shape index (κ3) is 3.71. The minimum atomic E-state index is -0.287. The van der Waals surface area contributed by atoms with Crippen LogP contribution >= 0.6 is 22.9 Å². The van der Waals surface area contributed by atoms with E-state index in [1.54, 1.807) is 25.1 Å². The van der Waals surface area contributed by atoms with Crippen molar-refractivity contribution in [3.05, 3.63) is 63.5 Å². The zero-order valence-electron chi connectivity index (χ0n) is 15.0. The second kappa shape index (κ2) is 7.61. The largest absolute Gasteiger partial charge is 0.481 e. The van der Waals surface area contributed by atoms with Crippen LogP contribution in [0, 0.1) is 12.7 Å². The number of thiazole rings is 1. The molecule has 0 aliphatic heterocycles. The molecule has 0 spiro atoms. The summed E-state index contributed by atoms with van der Waals surface area (Å²) in [5.74, 6) is -0.0655. The molecule has 6 nitrogen and oxygen atoms in total. The van der Waals surface area contributed by atoms with Gasteiger partial charge in [0, 0.05) is 17.4 Å². The molecule has 0 aliphatic carbocycles. The van der Waals surface area contributed by atoms with Crippen LogP contribution in [0.5, 0.6) is 5.88 Å². The molecular formula is C19H15FN4O2S2. The van der Waals surface area contributed by atoms with E-state index in [1.807, 2.05) is 0 Å². The van der Waals surface area contributed by atoms with Crippen molar-refractivity contribution in [2.45, 2.75) is 13.3 Å². The van der Waals surface area contributed by atoms with Crippen LogP contribution in [-0.4, -0.2) is 27.4 Å². The van der Waals surface area contributed by atoms with Crippen molar-refractivity contribution in [2.75, 3.05) is 12.4 Å². The van der Waals surface area contributed by atoms with Gasteiger partial charge in [-0.25, -0.2) is 14.4 Å². The maximum atomic E-state index is 13.4. The summed E-state index contributed by atoms with van der Waals surface area (Å²) in [6, 6.07) is 7.92. The maximum Gasteiger partial charge on any atom is 0.258 e. The van der Waals surface area contributed by atoms with Gasteiger partial charge in [-0.2, -0.15) is 4.37 Å². The summed E-state index contributed by atoms with van der Waals surface area (Å²) >= 11 is 2.69. The number of amides is 1. The van der Waals surface area contributed by atoms with Gasteiger partial charge in [-0.1, -0.05) is 0 Å². The molecule has 0 unspecified atom stereocenters. The van der Waals surface area contributed by atoms with Crippen molar-refractivity contribution < 1.29 is 13.9 Å². The van der Waals surface area contributed by atoms with Crippen LogP contribution in [0.3, 0.4) is 0 Å². The van der Waals surface area contributed by atoms with Gasteiger partial charge < -0.3 is 10.1 Å². The molecule has 0 bridgehead atoms. The van der Waals surface area contributed by atoms with Crippen LogP contribution in [0.2, 0.25) is 0 Å². The minimum absolute atomic E-state index is 0.250. The summed E-state index contributed by atoms with van der Waals surface area (Å²) < 4.78 is 23.5. The number of aromatic nitrogens is 3. The van der Waals surface area contributed by atoms with E-state index in [1.165, 1.54) is 48.3 Å². The van der Waals surface area contributed by atoms with E-state index < -0.39 is 0 Å². The van der Waals surface area contributed by atoms with Crippen molar-refractivity contribution in [3.8, 4) is 5.88 Å². The predicted molar refractivity (Wildman–Crippen MR) is 108 cm³/mol. The molecule has 3 aromatic heterocycles. The normalized spacial score (nSPS) is 11.0. The van der Waals surface area contributed by atoms with Gasteiger partial charge in [-0.15, -0.1) is 11.3 Å². The third-order valence-corrected chi connectivity index (χ3v) is 6.02. The highest BCUT2D eigenvalue weighted by Crippen LogP contribution is 2.28. The fourth-order valence-corrected chi connectivity index (χ4v) is 4.72. The number of nitrogens with one attached hydrogen (secondary N) is 1. The molecule has 0 saturated heterocycles. The second-order valence-electron chi connectivity index (χ2n) is 6.01. The van der Waals surface area contributed by atoms with E-state index in [0.717, 1.165) is 20.1 Å². The molecule has 1 amide bonds. The summed E-state index contributed by atoms with van der Waals surface area (Å²) in [5, 5.41) is 3.65. The Balaban J connectivity index is 1.58. The highest BCUT2D eigenvalue weighted by molar-refractivity contribution is 7.18. The van der Waals surface area contributed by atoms with Crippen LogP contribution in [0.25, 0.3) is 10.2 Å². The number of benzene rings is 1. The van der Waals surface area contributed by atoms with Crippen LogP contribution in [0.1, 0.15) is 25.9 Å². The molecule has 9 heteroatoms. The minimum Gasteiger partial charge on any atom is -0.481 e. The van der Waals surface area contributed by atoms with Crippen LogP contribution in [-0.2, 0) is 6.42 Å². The monoisotopic (exact) mass is 414 g/mol. The Hall–Kier alpha value is -2.91. The van der Waals surface area contributed by atoms with Gasteiger partial charge in [-0.3, -0.25) is 4.79 Å². The molecule has 0 atom stereocenters. The zero-order valence-corrected chi connectivity index (χ0v) is 16.7.